The number of carbonyl (C=O) groups is 2. The van der Waals surface area contributed by atoms with Crippen molar-refractivity contribution in [1.82, 2.24) is 10.6 Å². The molecule has 0 saturated carbocycles. The molecule has 3 N–H and O–H groups in total. The fourth-order valence-corrected chi connectivity index (χ4v) is 2.24. The number of amides is 1. The molecule has 0 aliphatic carbocycles. The van der Waals surface area contributed by atoms with Crippen LogP contribution in [0.3, 0.4) is 0 Å². The maximum absolute atomic E-state index is 11.0. The van der Waals surface area contributed by atoms with Gasteiger partial charge in [-0.3, -0.25) is 4.79 Å². The van der Waals surface area contributed by atoms with Crippen molar-refractivity contribution < 1.29 is 19.4 Å². The van der Waals surface area contributed by atoms with Crippen LogP contribution in [0.4, 0.5) is 0 Å². The molecule has 0 radical (unpaired) electrons. The van der Waals surface area contributed by atoms with E-state index >= 15 is 0 Å². The van der Waals surface area contributed by atoms with Crippen molar-refractivity contribution in [2.45, 2.75) is 43.9 Å². The lowest BCUT2D eigenvalue weighted by Gasteiger charge is -2.24. The summed E-state index contributed by atoms with van der Waals surface area (Å²) in [5.41, 5.74) is 0. The van der Waals surface area contributed by atoms with Gasteiger partial charge in [-0.15, -0.1) is 0 Å². The Bertz CT molecular complexity index is 298. The number of hydrogen-bond donors (Lipinski definition) is 3. The molecule has 0 bridgehead atoms. The Morgan fingerprint density at radius 1 is 1.47 bits per heavy atom. The third-order valence-electron chi connectivity index (χ3n) is 3.28. The second-order valence-corrected chi connectivity index (χ2v) is 4.61. The van der Waals surface area contributed by atoms with Gasteiger partial charge in [0.2, 0.25) is 5.91 Å². The zero-order valence-corrected chi connectivity index (χ0v) is 9.65. The molecule has 96 valence electrons. The highest BCUT2D eigenvalue weighted by atomic mass is 16.5. The highest BCUT2D eigenvalue weighted by molar-refractivity contribution is 5.76. The first-order chi connectivity index (χ1) is 8.15. The minimum atomic E-state index is -0.877. The minimum absolute atomic E-state index is 0.0197. The predicted molar refractivity (Wildman–Crippen MR) is 59.6 cm³/mol. The van der Waals surface area contributed by atoms with Crippen LogP contribution in [0.1, 0.15) is 25.7 Å². The summed E-state index contributed by atoms with van der Waals surface area (Å²) in [6.45, 7) is 1.30. The molecule has 2 saturated heterocycles. The zero-order valence-electron chi connectivity index (χ0n) is 9.65. The summed E-state index contributed by atoms with van der Waals surface area (Å²) in [7, 11) is 0. The van der Waals surface area contributed by atoms with Gasteiger partial charge in [0.1, 0.15) is 0 Å². The van der Waals surface area contributed by atoms with E-state index in [2.05, 4.69) is 10.6 Å². The Morgan fingerprint density at radius 2 is 2.29 bits per heavy atom. The number of ether oxygens (including phenoxy) is 1. The number of hydrogen-bond acceptors (Lipinski definition) is 4. The average molecular weight is 242 g/mol. The Labute approximate surface area is 99.7 Å². The van der Waals surface area contributed by atoms with Gasteiger partial charge >= 0.3 is 5.97 Å². The van der Waals surface area contributed by atoms with Crippen LogP contribution in [0.15, 0.2) is 0 Å². The summed E-state index contributed by atoms with van der Waals surface area (Å²) in [5.74, 6) is -0.775. The van der Waals surface area contributed by atoms with Crippen molar-refractivity contribution in [2.75, 3.05) is 13.1 Å². The molecule has 6 nitrogen and oxygen atoms in total. The van der Waals surface area contributed by atoms with Crippen LogP contribution in [0.25, 0.3) is 0 Å². The third-order valence-corrected chi connectivity index (χ3v) is 3.28. The van der Waals surface area contributed by atoms with E-state index in [1.54, 1.807) is 0 Å². The number of carboxylic acids is 1. The number of piperidine rings is 1. The number of carboxylic acid groups (broad SMARTS) is 1. The van der Waals surface area contributed by atoms with Gasteiger partial charge < -0.3 is 20.5 Å². The molecule has 6 heteroatoms. The number of carbonyl (C=O) groups excluding carboxylic acids is 1. The van der Waals surface area contributed by atoms with Gasteiger partial charge in [-0.25, -0.2) is 4.79 Å². The van der Waals surface area contributed by atoms with E-state index in [1.807, 2.05) is 0 Å². The molecule has 0 aromatic rings. The first kappa shape index (κ1) is 12.3. The highest BCUT2D eigenvalue weighted by Crippen LogP contribution is 2.19. The van der Waals surface area contributed by atoms with Gasteiger partial charge in [-0.1, -0.05) is 0 Å². The van der Waals surface area contributed by atoms with E-state index < -0.39 is 12.1 Å². The van der Waals surface area contributed by atoms with Crippen molar-refractivity contribution in [3.8, 4) is 0 Å². The summed E-state index contributed by atoms with van der Waals surface area (Å²) in [6.07, 6.45) is 2.09. The van der Waals surface area contributed by atoms with Crippen LogP contribution in [0.2, 0.25) is 0 Å². The van der Waals surface area contributed by atoms with Crippen molar-refractivity contribution in [1.29, 1.82) is 0 Å². The minimum Gasteiger partial charge on any atom is -0.479 e. The third kappa shape index (κ3) is 3.41. The van der Waals surface area contributed by atoms with Gasteiger partial charge in [-0.05, 0) is 19.3 Å². The van der Waals surface area contributed by atoms with Crippen LogP contribution < -0.4 is 10.6 Å². The van der Waals surface area contributed by atoms with Crippen molar-refractivity contribution in [3.05, 3.63) is 0 Å². The molecule has 1 amide bonds. The SMILES string of the molecule is O=C1CCC(NCC2CCC(C(=O)O)O2)CN1. The molecule has 0 aromatic heterocycles. The maximum atomic E-state index is 11.0. The average Bonchev–Trinajstić information content (AvgIpc) is 2.77. The van der Waals surface area contributed by atoms with Gasteiger partial charge in [0, 0.05) is 25.6 Å². The molecule has 3 unspecified atom stereocenters. The second-order valence-electron chi connectivity index (χ2n) is 4.61. The molecule has 0 aromatic carbocycles. The highest BCUT2D eigenvalue weighted by Gasteiger charge is 2.30. The lowest BCUT2D eigenvalue weighted by Crippen LogP contribution is -2.47. The van der Waals surface area contributed by atoms with Gasteiger partial charge in [0.25, 0.3) is 0 Å². The zero-order chi connectivity index (χ0) is 12.3. The standard InChI is InChI=1S/C11H18N2O4/c14-10-4-1-7(5-13-10)12-6-8-2-3-9(17-8)11(15)16/h7-9,12H,1-6H2,(H,13,14)(H,15,16). The van der Waals surface area contributed by atoms with Crippen molar-refractivity contribution in [2.24, 2.45) is 0 Å². The second kappa shape index (κ2) is 5.46. The summed E-state index contributed by atoms with van der Waals surface area (Å²) >= 11 is 0. The van der Waals surface area contributed by atoms with E-state index in [0.717, 1.165) is 12.8 Å². The van der Waals surface area contributed by atoms with E-state index in [9.17, 15) is 9.59 Å². The monoisotopic (exact) mass is 242 g/mol. The largest absolute Gasteiger partial charge is 0.479 e. The summed E-state index contributed by atoms with van der Waals surface area (Å²) in [6, 6.07) is 0.278. The van der Waals surface area contributed by atoms with Crippen molar-refractivity contribution >= 4 is 11.9 Å². The van der Waals surface area contributed by atoms with Crippen LogP contribution in [0, 0.1) is 0 Å². The molecule has 17 heavy (non-hydrogen) atoms. The molecule has 2 aliphatic heterocycles. The first-order valence-corrected chi connectivity index (χ1v) is 6.03. The molecule has 2 fully saturated rings. The molecular weight excluding hydrogens is 224 g/mol. The number of nitrogens with one attached hydrogen (secondary N) is 2. The Kier molecular flexibility index (Phi) is 3.96. The fraction of sp³-hybridized carbons (Fsp3) is 0.818. The van der Waals surface area contributed by atoms with Crippen molar-refractivity contribution in [3.63, 3.8) is 0 Å². The van der Waals surface area contributed by atoms with Crippen LogP contribution in [-0.4, -0.2) is 48.3 Å². The number of aliphatic carboxylic acids is 1. The summed E-state index contributed by atoms with van der Waals surface area (Å²) in [5, 5.41) is 14.9. The van der Waals surface area contributed by atoms with Gasteiger partial charge in [0.15, 0.2) is 6.10 Å². The maximum Gasteiger partial charge on any atom is 0.332 e. The van der Waals surface area contributed by atoms with Crippen LogP contribution in [-0.2, 0) is 14.3 Å². The molecule has 2 heterocycles. The van der Waals surface area contributed by atoms with E-state index in [4.69, 9.17) is 9.84 Å². The quantitative estimate of drug-likeness (QED) is 0.618. The van der Waals surface area contributed by atoms with Crippen LogP contribution in [0.5, 0.6) is 0 Å². The molecule has 2 rings (SSSR count). The lowest BCUT2D eigenvalue weighted by molar-refractivity contribution is -0.149. The normalized spacial score (nSPS) is 33.4. The number of rotatable bonds is 4. The molecule has 0 spiro atoms. The lowest BCUT2D eigenvalue weighted by atomic mass is 10.1. The van der Waals surface area contributed by atoms with E-state index in [1.165, 1.54) is 0 Å². The van der Waals surface area contributed by atoms with Gasteiger partial charge in [0.05, 0.1) is 6.10 Å². The molecule has 2 aliphatic rings. The first-order valence-electron chi connectivity index (χ1n) is 6.03. The molecular formula is C11H18N2O4. The van der Waals surface area contributed by atoms with E-state index in [0.29, 0.717) is 25.9 Å². The summed E-state index contributed by atoms with van der Waals surface area (Å²) < 4.78 is 5.39. The van der Waals surface area contributed by atoms with Crippen LogP contribution >= 0.6 is 0 Å². The smallest absolute Gasteiger partial charge is 0.332 e. The summed E-state index contributed by atoms with van der Waals surface area (Å²) in [4.78, 5) is 21.7. The topological polar surface area (TPSA) is 87.7 Å². The van der Waals surface area contributed by atoms with E-state index in [-0.39, 0.29) is 18.1 Å². The van der Waals surface area contributed by atoms with Gasteiger partial charge in [-0.2, -0.15) is 0 Å². The fourth-order valence-electron chi connectivity index (χ4n) is 2.24. The molecule has 3 atom stereocenters. The predicted octanol–water partition coefficient (Wildman–Crippen LogP) is -0.513. The Balaban J connectivity index is 1.66. The Morgan fingerprint density at radius 3 is 2.88 bits per heavy atom. The Hall–Kier alpha value is -1.14.